The lowest BCUT2D eigenvalue weighted by Crippen LogP contribution is -2.36. The first kappa shape index (κ1) is 14.3. The third-order valence-corrected chi connectivity index (χ3v) is 4.30. The lowest BCUT2D eigenvalue weighted by atomic mass is 9.71. The number of hydrogen-bond acceptors (Lipinski definition) is 4. The molecule has 0 bridgehead atoms. The van der Waals surface area contributed by atoms with Crippen LogP contribution in [0.25, 0.3) is 0 Å². The maximum absolute atomic E-state index is 5.65. The molecule has 19 heavy (non-hydrogen) atoms. The summed E-state index contributed by atoms with van der Waals surface area (Å²) in [6, 6.07) is 1.72. The van der Waals surface area contributed by atoms with Crippen molar-refractivity contribution in [2.24, 2.45) is 11.3 Å². The minimum Gasteiger partial charge on any atom is -0.384 e. The first-order valence-corrected chi connectivity index (χ1v) is 7.36. The van der Waals surface area contributed by atoms with Gasteiger partial charge < -0.3 is 11.1 Å². The van der Waals surface area contributed by atoms with Crippen LogP contribution < -0.4 is 11.1 Å². The van der Waals surface area contributed by atoms with Gasteiger partial charge in [0, 0.05) is 12.7 Å². The van der Waals surface area contributed by atoms with Gasteiger partial charge >= 0.3 is 0 Å². The molecule has 0 spiro atoms. The molecule has 1 aliphatic carbocycles. The van der Waals surface area contributed by atoms with Gasteiger partial charge in [-0.25, -0.2) is 9.97 Å². The number of nitrogens with two attached hydrogens (primary N) is 1. The Morgan fingerprint density at radius 1 is 1.32 bits per heavy atom. The Labute approximate surface area is 116 Å². The van der Waals surface area contributed by atoms with E-state index in [1.54, 1.807) is 12.3 Å². The third kappa shape index (κ3) is 4.16. The molecule has 1 aromatic heterocycles. The molecule has 0 saturated heterocycles. The molecule has 4 heteroatoms. The second kappa shape index (κ2) is 6.33. The van der Waals surface area contributed by atoms with Crippen molar-refractivity contribution in [2.45, 2.75) is 52.5 Å². The summed E-state index contributed by atoms with van der Waals surface area (Å²) in [4.78, 5) is 8.43. The maximum atomic E-state index is 5.65. The highest BCUT2D eigenvalue weighted by atomic mass is 15.0. The normalized spacial score (nSPS) is 17.6. The van der Waals surface area contributed by atoms with E-state index >= 15 is 0 Å². The van der Waals surface area contributed by atoms with Gasteiger partial charge in [0.05, 0.1) is 6.54 Å². The Morgan fingerprint density at radius 3 is 2.74 bits per heavy atom. The van der Waals surface area contributed by atoms with Crippen molar-refractivity contribution in [3.8, 4) is 0 Å². The molecule has 0 aliphatic heterocycles. The second-order valence-electron chi connectivity index (χ2n) is 6.32. The minimum atomic E-state index is 0.348. The van der Waals surface area contributed by atoms with Gasteiger partial charge in [0.2, 0.25) is 0 Å². The van der Waals surface area contributed by atoms with Crippen LogP contribution in [0.2, 0.25) is 0 Å². The highest BCUT2D eigenvalue weighted by Gasteiger charge is 2.30. The smallest absolute Gasteiger partial charge is 0.144 e. The summed E-state index contributed by atoms with van der Waals surface area (Å²) >= 11 is 0. The van der Waals surface area contributed by atoms with Crippen molar-refractivity contribution in [3.63, 3.8) is 0 Å². The van der Waals surface area contributed by atoms with E-state index < -0.39 is 0 Å². The average molecular weight is 262 g/mol. The van der Waals surface area contributed by atoms with Crippen LogP contribution in [0.15, 0.2) is 12.3 Å². The largest absolute Gasteiger partial charge is 0.384 e. The van der Waals surface area contributed by atoms with Crippen LogP contribution in [-0.4, -0.2) is 16.5 Å². The van der Waals surface area contributed by atoms with Crippen LogP contribution in [0, 0.1) is 11.3 Å². The van der Waals surface area contributed by atoms with Crippen molar-refractivity contribution in [1.29, 1.82) is 0 Å². The van der Waals surface area contributed by atoms with Gasteiger partial charge in [0.15, 0.2) is 0 Å². The number of hydrogen-bond donors (Lipinski definition) is 2. The van der Waals surface area contributed by atoms with Crippen LogP contribution >= 0.6 is 0 Å². The highest BCUT2D eigenvalue weighted by Crippen LogP contribution is 2.37. The predicted octanol–water partition coefficient (Wildman–Crippen LogP) is 2.75. The average Bonchev–Trinajstić information content (AvgIpc) is 2.40. The zero-order valence-electron chi connectivity index (χ0n) is 12.2. The fraction of sp³-hybridized carbons (Fsp3) is 0.733. The van der Waals surface area contributed by atoms with Crippen LogP contribution in [-0.2, 0) is 6.54 Å². The lowest BCUT2D eigenvalue weighted by molar-refractivity contribution is 0.153. The van der Waals surface area contributed by atoms with Crippen molar-refractivity contribution in [1.82, 2.24) is 15.3 Å². The number of anilines is 1. The van der Waals surface area contributed by atoms with E-state index in [2.05, 4.69) is 29.1 Å². The molecule has 1 heterocycles. The fourth-order valence-electron chi connectivity index (χ4n) is 3.02. The Kier molecular flexibility index (Phi) is 4.75. The van der Waals surface area contributed by atoms with Crippen LogP contribution in [0.5, 0.6) is 0 Å². The lowest BCUT2D eigenvalue weighted by Gasteiger charge is -2.37. The molecule has 0 amide bonds. The minimum absolute atomic E-state index is 0.348. The highest BCUT2D eigenvalue weighted by molar-refractivity contribution is 5.24. The fourth-order valence-corrected chi connectivity index (χ4v) is 3.02. The molecule has 1 aromatic rings. The molecular weight excluding hydrogens is 236 g/mol. The third-order valence-electron chi connectivity index (χ3n) is 4.30. The van der Waals surface area contributed by atoms with Crippen molar-refractivity contribution < 1.29 is 0 Å². The summed E-state index contributed by atoms with van der Waals surface area (Å²) in [5.74, 6) is 2.16. The maximum Gasteiger partial charge on any atom is 0.144 e. The van der Waals surface area contributed by atoms with Crippen LogP contribution in [0.3, 0.4) is 0 Å². The number of aromatic nitrogens is 2. The predicted molar refractivity (Wildman–Crippen MR) is 78.5 cm³/mol. The van der Waals surface area contributed by atoms with E-state index in [4.69, 9.17) is 5.73 Å². The summed E-state index contributed by atoms with van der Waals surface area (Å²) in [6.07, 6.45) is 8.68. The van der Waals surface area contributed by atoms with Gasteiger partial charge in [-0.15, -0.1) is 0 Å². The Hall–Kier alpha value is -1.16. The number of nitrogen functional groups attached to an aromatic ring is 1. The van der Waals surface area contributed by atoms with Crippen LogP contribution in [0.4, 0.5) is 5.82 Å². The number of nitrogens with zero attached hydrogens (tertiary/aromatic N) is 2. The van der Waals surface area contributed by atoms with Gasteiger partial charge in [0.25, 0.3) is 0 Å². The topological polar surface area (TPSA) is 63.8 Å². The van der Waals surface area contributed by atoms with E-state index in [1.165, 1.54) is 32.1 Å². The standard InChI is InChI=1S/C15H26N4/c1-15(2,12-6-4-3-5-7-12)11-17-10-14-18-9-8-13(16)19-14/h8-9,12,17H,3-7,10-11H2,1-2H3,(H2,16,18,19). The summed E-state index contributed by atoms with van der Waals surface area (Å²) in [6.45, 7) is 6.45. The van der Waals surface area contributed by atoms with Crippen molar-refractivity contribution >= 4 is 5.82 Å². The van der Waals surface area contributed by atoms with Crippen molar-refractivity contribution in [2.75, 3.05) is 12.3 Å². The van der Waals surface area contributed by atoms with E-state index in [0.29, 0.717) is 17.8 Å². The molecule has 0 radical (unpaired) electrons. The monoisotopic (exact) mass is 262 g/mol. The summed E-state index contributed by atoms with van der Waals surface area (Å²) in [5.41, 5.74) is 6.00. The summed E-state index contributed by atoms with van der Waals surface area (Å²) in [7, 11) is 0. The Morgan fingerprint density at radius 2 is 2.05 bits per heavy atom. The molecule has 3 N–H and O–H groups in total. The first-order chi connectivity index (χ1) is 9.08. The quantitative estimate of drug-likeness (QED) is 0.856. The molecule has 106 valence electrons. The van der Waals surface area contributed by atoms with Gasteiger partial charge in [-0.1, -0.05) is 33.1 Å². The Balaban J connectivity index is 1.80. The molecule has 1 aliphatic rings. The van der Waals surface area contributed by atoms with Gasteiger partial charge in [-0.05, 0) is 30.2 Å². The molecule has 1 fully saturated rings. The van der Waals surface area contributed by atoms with E-state index in [0.717, 1.165) is 18.3 Å². The number of nitrogens with one attached hydrogen (secondary N) is 1. The Bertz CT molecular complexity index is 397. The summed E-state index contributed by atoms with van der Waals surface area (Å²) < 4.78 is 0. The van der Waals surface area contributed by atoms with E-state index in [-0.39, 0.29) is 0 Å². The molecule has 0 unspecified atom stereocenters. The molecule has 1 saturated carbocycles. The van der Waals surface area contributed by atoms with Crippen molar-refractivity contribution in [3.05, 3.63) is 18.1 Å². The van der Waals surface area contributed by atoms with E-state index in [1.807, 2.05) is 0 Å². The molecular formula is C15H26N4. The number of rotatable bonds is 5. The zero-order valence-corrected chi connectivity index (χ0v) is 12.2. The second-order valence-corrected chi connectivity index (χ2v) is 6.32. The van der Waals surface area contributed by atoms with Gasteiger partial charge in [0.1, 0.15) is 11.6 Å². The van der Waals surface area contributed by atoms with Gasteiger partial charge in [-0.3, -0.25) is 0 Å². The molecule has 4 nitrogen and oxygen atoms in total. The van der Waals surface area contributed by atoms with E-state index in [9.17, 15) is 0 Å². The molecule has 2 rings (SSSR count). The zero-order chi connectivity index (χ0) is 13.7. The first-order valence-electron chi connectivity index (χ1n) is 7.36. The van der Waals surface area contributed by atoms with Gasteiger partial charge in [-0.2, -0.15) is 0 Å². The molecule has 0 aromatic carbocycles. The SMILES string of the molecule is CC(C)(CNCc1nccc(N)n1)C1CCCCC1. The summed E-state index contributed by atoms with van der Waals surface area (Å²) in [5, 5.41) is 3.49. The van der Waals surface area contributed by atoms with Crippen LogP contribution in [0.1, 0.15) is 51.8 Å². The molecule has 0 atom stereocenters.